The van der Waals surface area contributed by atoms with Gasteiger partial charge in [-0.2, -0.15) is 0 Å². The van der Waals surface area contributed by atoms with E-state index in [1.54, 1.807) is 0 Å². The maximum atomic E-state index is 12.4. The monoisotopic (exact) mass is 267 g/mol. The quantitative estimate of drug-likeness (QED) is 0.802. The highest BCUT2D eigenvalue weighted by atomic mass is 16.2. The van der Waals surface area contributed by atoms with Gasteiger partial charge in [0, 0.05) is 18.7 Å². The molecular weight excluding hydrogens is 246 g/mol. The molecule has 0 unspecified atom stereocenters. The molecule has 0 aromatic heterocycles. The van der Waals surface area contributed by atoms with Gasteiger partial charge in [-0.1, -0.05) is 48.5 Å². The molecule has 0 bridgehead atoms. The number of anilines is 1. The number of para-hydroxylation sites is 1. The van der Waals surface area contributed by atoms with E-state index < -0.39 is 0 Å². The van der Waals surface area contributed by atoms with Gasteiger partial charge in [-0.3, -0.25) is 4.79 Å². The Balaban J connectivity index is 2.05. The van der Waals surface area contributed by atoms with Crippen LogP contribution in [0.5, 0.6) is 0 Å². The lowest BCUT2D eigenvalue weighted by Crippen LogP contribution is -2.31. The summed E-state index contributed by atoms with van der Waals surface area (Å²) in [6, 6.07) is 18.2. The highest BCUT2D eigenvalue weighted by molar-refractivity contribution is 5.94. The molecule has 0 aliphatic carbocycles. The lowest BCUT2D eigenvalue weighted by molar-refractivity contribution is -0.118. The van der Waals surface area contributed by atoms with Gasteiger partial charge in [-0.05, 0) is 37.5 Å². The molecule has 0 aliphatic rings. The van der Waals surface area contributed by atoms with Crippen LogP contribution >= 0.6 is 0 Å². The van der Waals surface area contributed by atoms with Crippen LogP contribution in [-0.4, -0.2) is 12.5 Å². The number of nitrogens with zero attached hydrogens (tertiary/aromatic N) is 1. The number of rotatable bonds is 5. The van der Waals surface area contributed by atoms with Crippen LogP contribution in [0.1, 0.15) is 24.5 Å². The molecule has 0 spiro atoms. The zero-order valence-corrected chi connectivity index (χ0v) is 12.2. The predicted molar refractivity (Wildman–Crippen MR) is 84.0 cm³/mol. The van der Waals surface area contributed by atoms with Crippen molar-refractivity contribution in [2.75, 3.05) is 11.4 Å². The van der Waals surface area contributed by atoms with Crippen molar-refractivity contribution < 1.29 is 4.79 Å². The van der Waals surface area contributed by atoms with Crippen LogP contribution in [0.2, 0.25) is 0 Å². The van der Waals surface area contributed by atoms with E-state index >= 15 is 0 Å². The van der Waals surface area contributed by atoms with Crippen LogP contribution in [0, 0.1) is 6.92 Å². The van der Waals surface area contributed by atoms with Gasteiger partial charge in [-0.25, -0.2) is 0 Å². The molecule has 104 valence electrons. The first-order valence-corrected chi connectivity index (χ1v) is 7.12. The van der Waals surface area contributed by atoms with Crippen LogP contribution in [0.25, 0.3) is 0 Å². The van der Waals surface area contributed by atoms with Gasteiger partial charge >= 0.3 is 0 Å². The molecule has 0 radical (unpaired) electrons. The van der Waals surface area contributed by atoms with Crippen molar-refractivity contribution in [3.8, 4) is 0 Å². The van der Waals surface area contributed by atoms with E-state index in [0.717, 1.165) is 17.7 Å². The lowest BCUT2D eigenvalue weighted by atomic mass is 10.1. The van der Waals surface area contributed by atoms with Gasteiger partial charge in [0.05, 0.1) is 0 Å². The molecule has 2 heteroatoms. The molecule has 0 saturated carbocycles. The average Bonchev–Trinajstić information content (AvgIpc) is 2.49. The second-order valence-electron chi connectivity index (χ2n) is 4.91. The van der Waals surface area contributed by atoms with Crippen molar-refractivity contribution in [1.82, 2.24) is 0 Å². The Kier molecular flexibility index (Phi) is 4.94. The van der Waals surface area contributed by atoms with E-state index in [-0.39, 0.29) is 5.91 Å². The minimum atomic E-state index is 0.186. The number of amides is 1. The van der Waals surface area contributed by atoms with E-state index in [2.05, 4.69) is 12.1 Å². The Morgan fingerprint density at radius 1 is 1.00 bits per heavy atom. The molecule has 2 nitrogen and oxygen atoms in total. The summed E-state index contributed by atoms with van der Waals surface area (Å²) >= 11 is 0. The summed E-state index contributed by atoms with van der Waals surface area (Å²) in [7, 11) is 0. The van der Waals surface area contributed by atoms with Crippen molar-refractivity contribution in [3.05, 3.63) is 65.7 Å². The Morgan fingerprint density at radius 3 is 2.30 bits per heavy atom. The fourth-order valence-electron chi connectivity index (χ4n) is 2.38. The van der Waals surface area contributed by atoms with Crippen LogP contribution in [0.3, 0.4) is 0 Å². The fraction of sp³-hybridized carbons (Fsp3) is 0.278. The number of benzene rings is 2. The SMILES string of the molecule is CCN(C(=O)CCc1ccccc1)c1ccccc1C. The maximum Gasteiger partial charge on any atom is 0.227 e. The third-order valence-electron chi connectivity index (χ3n) is 3.49. The highest BCUT2D eigenvalue weighted by Gasteiger charge is 2.15. The molecule has 1 amide bonds. The highest BCUT2D eigenvalue weighted by Crippen LogP contribution is 2.20. The first kappa shape index (κ1) is 14.3. The number of hydrogen-bond acceptors (Lipinski definition) is 1. The van der Waals surface area contributed by atoms with Gasteiger partial charge < -0.3 is 4.90 Å². The van der Waals surface area contributed by atoms with Crippen molar-refractivity contribution in [1.29, 1.82) is 0 Å². The minimum absolute atomic E-state index is 0.186. The van der Waals surface area contributed by atoms with Crippen LogP contribution in [0.15, 0.2) is 54.6 Å². The molecule has 20 heavy (non-hydrogen) atoms. The minimum Gasteiger partial charge on any atom is -0.312 e. The molecule has 2 aromatic rings. The number of aryl methyl sites for hydroxylation is 2. The van der Waals surface area contributed by atoms with Gasteiger partial charge in [0.15, 0.2) is 0 Å². The van der Waals surface area contributed by atoms with Gasteiger partial charge in [0.1, 0.15) is 0 Å². The Bertz CT molecular complexity index is 563. The largest absolute Gasteiger partial charge is 0.312 e. The molecular formula is C18H21NO. The molecule has 0 N–H and O–H groups in total. The van der Waals surface area contributed by atoms with Gasteiger partial charge in [-0.15, -0.1) is 0 Å². The van der Waals surface area contributed by atoms with Gasteiger partial charge in [0.25, 0.3) is 0 Å². The summed E-state index contributed by atoms with van der Waals surface area (Å²) in [5.41, 5.74) is 3.37. The fourth-order valence-corrected chi connectivity index (χ4v) is 2.38. The molecule has 2 aromatic carbocycles. The maximum absolute atomic E-state index is 12.4. The second kappa shape index (κ2) is 6.90. The molecule has 2 rings (SSSR count). The Hall–Kier alpha value is -2.09. The number of carbonyl (C=O) groups excluding carboxylic acids is 1. The van der Waals surface area contributed by atoms with E-state index in [4.69, 9.17) is 0 Å². The van der Waals surface area contributed by atoms with Crippen molar-refractivity contribution in [3.63, 3.8) is 0 Å². The van der Waals surface area contributed by atoms with Gasteiger partial charge in [0.2, 0.25) is 5.91 Å². The zero-order valence-electron chi connectivity index (χ0n) is 12.2. The standard InChI is InChI=1S/C18H21NO/c1-3-19(17-12-8-7-9-15(17)2)18(20)14-13-16-10-5-4-6-11-16/h4-12H,3,13-14H2,1-2H3. The van der Waals surface area contributed by atoms with Crippen molar-refractivity contribution in [2.24, 2.45) is 0 Å². The average molecular weight is 267 g/mol. The summed E-state index contributed by atoms with van der Waals surface area (Å²) in [5.74, 6) is 0.186. The smallest absolute Gasteiger partial charge is 0.227 e. The topological polar surface area (TPSA) is 20.3 Å². The molecule has 0 saturated heterocycles. The number of hydrogen-bond donors (Lipinski definition) is 0. The summed E-state index contributed by atoms with van der Waals surface area (Å²) in [6.45, 7) is 4.77. The van der Waals surface area contributed by atoms with Crippen LogP contribution < -0.4 is 4.90 Å². The van der Waals surface area contributed by atoms with E-state index in [1.807, 2.05) is 61.2 Å². The summed E-state index contributed by atoms with van der Waals surface area (Å²) < 4.78 is 0. The van der Waals surface area contributed by atoms with Crippen molar-refractivity contribution in [2.45, 2.75) is 26.7 Å². The normalized spacial score (nSPS) is 10.3. The van der Waals surface area contributed by atoms with Crippen LogP contribution in [0.4, 0.5) is 5.69 Å². The zero-order chi connectivity index (χ0) is 14.4. The van der Waals surface area contributed by atoms with E-state index in [1.165, 1.54) is 5.56 Å². The summed E-state index contributed by atoms with van der Waals surface area (Å²) in [5, 5.41) is 0. The second-order valence-corrected chi connectivity index (χ2v) is 4.91. The Labute approximate surface area is 121 Å². The third kappa shape index (κ3) is 3.47. The first-order chi connectivity index (χ1) is 9.72. The van der Waals surface area contributed by atoms with Crippen LogP contribution in [-0.2, 0) is 11.2 Å². The Morgan fingerprint density at radius 2 is 1.65 bits per heavy atom. The van der Waals surface area contributed by atoms with E-state index in [9.17, 15) is 4.79 Å². The lowest BCUT2D eigenvalue weighted by Gasteiger charge is -2.23. The van der Waals surface area contributed by atoms with Crippen molar-refractivity contribution >= 4 is 11.6 Å². The molecule has 0 aliphatic heterocycles. The van der Waals surface area contributed by atoms with E-state index in [0.29, 0.717) is 13.0 Å². The summed E-state index contributed by atoms with van der Waals surface area (Å²) in [6.07, 6.45) is 1.34. The first-order valence-electron chi connectivity index (χ1n) is 7.12. The molecule has 0 fully saturated rings. The third-order valence-corrected chi connectivity index (χ3v) is 3.49. The molecule has 0 heterocycles. The number of carbonyl (C=O) groups is 1. The molecule has 0 atom stereocenters. The predicted octanol–water partition coefficient (Wildman–Crippen LogP) is 3.98. The summed E-state index contributed by atoms with van der Waals surface area (Å²) in [4.78, 5) is 14.3.